The second kappa shape index (κ2) is 9.15. The fraction of sp³-hybridized carbons (Fsp3) is 0.318. The SMILES string of the molecule is CCc1ccc2nc(N(CCN(C)C)C(=O)c3ccc(C(=O)OC)cc3)sc2c1. The van der Waals surface area contributed by atoms with Crippen LogP contribution in [0.5, 0.6) is 0 Å². The Morgan fingerprint density at radius 1 is 1.03 bits per heavy atom. The van der Waals surface area contributed by atoms with Crippen LogP contribution in [0.4, 0.5) is 5.13 Å². The summed E-state index contributed by atoms with van der Waals surface area (Å²) in [5.41, 5.74) is 3.06. The Hall–Kier alpha value is -2.77. The molecule has 0 atom stereocenters. The number of anilines is 1. The highest BCUT2D eigenvalue weighted by molar-refractivity contribution is 7.22. The summed E-state index contributed by atoms with van der Waals surface area (Å²) < 4.78 is 5.79. The van der Waals surface area contributed by atoms with Gasteiger partial charge in [0, 0.05) is 18.7 Å². The molecule has 29 heavy (non-hydrogen) atoms. The highest BCUT2D eigenvalue weighted by Crippen LogP contribution is 2.30. The van der Waals surface area contributed by atoms with E-state index in [1.807, 2.05) is 25.1 Å². The molecular formula is C22H25N3O3S. The molecule has 0 aliphatic carbocycles. The summed E-state index contributed by atoms with van der Waals surface area (Å²) in [6, 6.07) is 12.7. The molecule has 1 aromatic heterocycles. The number of fused-ring (bicyclic) bond motifs is 1. The standard InChI is InChI=1S/C22H25N3O3S/c1-5-15-6-11-18-19(14-15)29-22(23-18)25(13-12-24(2)3)20(26)16-7-9-17(10-8-16)21(27)28-4/h6-11,14H,5,12-13H2,1-4H3. The lowest BCUT2D eigenvalue weighted by molar-refractivity contribution is 0.0600. The molecule has 1 heterocycles. The van der Waals surface area contributed by atoms with E-state index >= 15 is 0 Å². The third-order valence-electron chi connectivity index (χ3n) is 4.65. The molecule has 0 aliphatic heterocycles. The fourth-order valence-corrected chi connectivity index (χ4v) is 3.95. The summed E-state index contributed by atoms with van der Waals surface area (Å²) in [6.45, 7) is 3.35. The largest absolute Gasteiger partial charge is 0.465 e. The lowest BCUT2D eigenvalue weighted by atomic mass is 10.1. The highest BCUT2D eigenvalue weighted by atomic mass is 32.1. The van der Waals surface area contributed by atoms with Crippen LogP contribution in [-0.2, 0) is 11.2 Å². The average Bonchev–Trinajstić information content (AvgIpc) is 3.15. The number of likely N-dealkylation sites (N-methyl/N-ethyl adjacent to an activating group) is 1. The van der Waals surface area contributed by atoms with Crippen molar-refractivity contribution in [3.8, 4) is 0 Å². The first-order valence-corrected chi connectivity index (χ1v) is 10.3. The zero-order valence-electron chi connectivity index (χ0n) is 17.1. The number of methoxy groups -OCH3 is 1. The lowest BCUT2D eigenvalue weighted by Gasteiger charge is -2.22. The van der Waals surface area contributed by atoms with Crippen molar-refractivity contribution >= 4 is 38.6 Å². The number of rotatable bonds is 7. The van der Waals surface area contributed by atoms with Crippen molar-refractivity contribution in [2.45, 2.75) is 13.3 Å². The maximum absolute atomic E-state index is 13.3. The molecule has 0 saturated carbocycles. The molecule has 0 unspecified atom stereocenters. The Kier molecular flexibility index (Phi) is 6.61. The molecule has 2 aromatic carbocycles. The molecule has 1 amide bonds. The van der Waals surface area contributed by atoms with Crippen molar-refractivity contribution in [1.29, 1.82) is 0 Å². The Morgan fingerprint density at radius 2 is 1.72 bits per heavy atom. The predicted molar refractivity (Wildman–Crippen MR) is 117 cm³/mol. The van der Waals surface area contributed by atoms with Crippen molar-refractivity contribution in [2.24, 2.45) is 0 Å². The van der Waals surface area contributed by atoms with Gasteiger partial charge < -0.3 is 9.64 Å². The van der Waals surface area contributed by atoms with Crippen LogP contribution in [0.2, 0.25) is 0 Å². The van der Waals surface area contributed by atoms with Gasteiger partial charge in [-0.05, 0) is 62.5 Å². The number of carbonyl (C=O) groups is 2. The normalized spacial score (nSPS) is 11.1. The van der Waals surface area contributed by atoms with Crippen molar-refractivity contribution in [3.05, 3.63) is 59.2 Å². The van der Waals surface area contributed by atoms with E-state index in [1.165, 1.54) is 24.0 Å². The van der Waals surface area contributed by atoms with E-state index in [9.17, 15) is 9.59 Å². The van der Waals surface area contributed by atoms with Gasteiger partial charge in [0.25, 0.3) is 5.91 Å². The Labute approximate surface area is 174 Å². The zero-order valence-corrected chi connectivity index (χ0v) is 18.0. The van der Waals surface area contributed by atoms with Crippen LogP contribution in [0.1, 0.15) is 33.2 Å². The number of benzene rings is 2. The summed E-state index contributed by atoms with van der Waals surface area (Å²) in [7, 11) is 5.28. The van der Waals surface area contributed by atoms with Crippen molar-refractivity contribution in [2.75, 3.05) is 39.2 Å². The van der Waals surface area contributed by atoms with Gasteiger partial charge in [0.2, 0.25) is 0 Å². The van der Waals surface area contributed by atoms with Crippen LogP contribution in [0.25, 0.3) is 10.2 Å². The van der Waals surface area contributed by atoms with Crippen molar-refractivity contribution in [1.82, 2.24) is 9.88 Å². The van der Waals surface area contributed by atoms with E-state index in [4.69, 9.17) is 9.72 Å². The molecule has 0 spiro atoms. The number of aromatic nitrogens is 1. The number of hydrogen-bond donors (Lipinski definition) is 0. The minimum atomic E-state index is -0.425. The minimum Gasteiger partial charge on any atom is -0.465 e. The third kappa shape index (κ3) is 4.81. The van der Waals surface area contributed by atoms with E-state index in [0.717, 1.165) is 16.6 Å². The first-order valence-electron chi connectivity index (χ1n) is 9.47. The summed E-state index contributed by atoms with van der Waals surface area (Å²) >= 11 is 1.52. The van der Waals surface area contributed by atoms with Gasteiger partial charge in [-0.1, -0.05) is 24.3 Å². The number of aryl methyl sites for hydroxylation is 1. The second-order valence-corrected chi connectivity index (χ2v) is 7.99. The molecule has 7 heteroatoms. The third-order valence-corrected chi connectivity index (χ3v) is 5.69. The van der Waals surface area contributed by atoms with E-state index < -0.39 is 5.97 Å². The van der Waals surface area contributed by atoms with Crippen molar-refractivity contribution in [3.63, 3.8) is 0 Å². The highest BCUT2D eigenvalue weighted by Gasteiger charge is 2.22. The number of hydrogen-bond acceptors (Lipinski definition) is 6. The molecular weight excluding hydrogens is 386 g/mol. The average molecular weight is 412 g/mol. The van der Waals surface area contributed by atoms with Gasteiger partial charge in [-0.25, -0.2) is 9.78 Å². The topological polar surface area (TPSA) is 62.7 Å². The molecule has 152 valence electrons. The summed E-state index contributed by atoms with van der Waals surface area (Å²) in [5.74, 6) is -0.565. The molecule has 0 radical (unpaired) electrons. The molecule has 3 rings (SSSR count). The maximum atomic E-state index is 13.3. The van der Waals surface area contributed by atoms with E-state index in [2.05, 4.69) is 19.1 Å². The molecule has 0 fully saturated rings. The van der Waals surface area contributed by atoms with Crippen LogP contribution < -0.4 is 4.90 Å². The number of amides is 1. The van der Waals surface area contributed by atoms with Gasteiger partial charge in [0.1, 0.15) is 0 Å². The number of nitrogens with zero attached hydrogens (tertiary/aromatic N) is 3. The van der Waals surface area contributed by atoms with Gasteiger partial charge >= 0.3 is 5.97 Å². The summed E-state index contributed by atoms with van der Waals surface area (Å²) in [6.07, 6.45) is 0.957. The first-order chi connectivity index (χ1) is 13.9. The van der Waals surface area contributed by atoms with Crippen LogP contribution >= 0.6 is 11.3 Å². The van der Waals surface area contributed by atoms with Crippen LogP contribution in [0, 0.1) is 0 Å². The van der Waals surface area contributed by atoms with E-state index in [-0.39, 0.29) is 5.91 Å². The molecule has 6 nitrogen and oxygen atoms in total. The zero-order chi connectivity index (χ0) is 21.0. The summed E-state index contributed by atoms with van der Waals surface area (Å²) in [5, 5.41) is 0.678. The molecule has 0 saturated heterocycles. The van der Waals surface area contributed by atoms with E-state index in [1.54, 1.807) is 29.2 Å². The minimum absolute atomic E-state index is 0.141. The fourth-order valence-electron chi connectivity index (χ4n) is 2.90. The number of thiazole rings is 1. The first kappa shape index (κ1) is 21.0. The van der Waals surface area contributed by atoms with Crippen LogP contribution in [0.15, 0.2) is 42.5 Å². The molecule has 0 bridgehead atoms. The smallest absolute Gasteiger partial charge is 0.337 e. The van der Waals surface area contributed by atoms with Gasteiger partial charge in [-0.3, -0.25) is 9.69 Å². The van der Waals surface area contributed by atoms with Gasteiger partial charge in [0.15, 0.2) is 5.13 Å². The predicted octanol–water partition coefficient (Wildman–Crippen LogP) is 3.85. The van der Waals surface area contributed by atoms with Gasteiger partial charge in [-0.2, -0.15) is 0 Å². The van der Waals surface area contributed by atoms with Gasteiger partial charge in [-0.15, -0.1) is 0 Å². The Balaban J connectivity index is 1.94. The van der Waals surface area contributed by atoms with Gasteiger partial charge in [0.05, 0.1) is 22.9 Å². The van der Waals surface area contributed by atoms with Crippen LogP contribution in [0.3, 0.4) is 0 Å². The Morgan fingerprint density at radius 3 is 2.34 bits per heavy atom. The quantitative estimate of drug-likeness (QED) is 0.553. The molecule has 0 N–H and O–H groups in total. The monoisotopic (exact) mass is 411 g/mol. The summed E-state index contributed by atoms with van der Waals surface area (Å²) in [4.78, 5) is 33.4. The number of carbonyl (C=O) groups excluding carboxylic acids is 2. The maximum Gasteiger partial charge on any atom is 0.337 e. The molecule has 3 aromatic rings. The number of esters is 1. The Bertz CT molecular complexity index is 1010. The van der Waals surface area contributed by atoms with Crippen LogP contribution in [-0.4, -0.2) is 56.1 Å². The molecule has 0 aliphatic rings. The van der Waals surface area contributed by atoms with E-state index in [0.29, 0.717) is 29.3 Å². The lowest BCUT2D eigenvalue weighted by Crippen LogP contribution is -2.36. The number of ether oxygens (including phenoxy) is 1. The second-order valence-electron chi connectivity index (χ2n) is 6.98. The van der Waals surface area contributed by atoms with Crippen molar-refractivity contribution < 1.29 is 14.3 Å².